The standard InChI is InChI=1S/C17H28N2O/c1-13(17-10-6-12-20-17)19-16-9-3-2-7-14(16)15-8-4-5-11-18-15/h6,10,12-16,18-19H,2-5,7-9,11H2,1H3. The Labute approximate surface area is 122 Å². The van der Waals surface area contributed by atoms with Gasteiger partial charge < -0.3 is 15.1 Å². The van der Waals surface area contributed by atoms with Crippen LogP contribution in [-0.2, 0) is 0 Å². The van der Waals surface area contributed by atoms with Gasteiger partial charge in [-0.25, -0.2) is 0 Å². The number of rotatable bonds is 4. The lowest BCUT2D eigenvalue weighted by Gasteiger charge is -2.40. The third-order valence-corrected chi connectivity index (χ3v) is 5.12. The SMILES string of the molecule is CC(NC1CCCCC1C1CCCCN1)c1ccco1. The summed E-state index contributed by atoms with van der Waals surface area (Å²) in [4.78, 5) is 0. The molecule has 4 atom stereocenters. The van der Waals surface area contributed by atoms with Crippen molar-refractivity contribution < 1.29 is 4.42 Å². The van der Waals surface area contributed by atoms with Crippen LogP contribution in [0.5, 0.6) is 0 Å². The topological polar surface area (TPSA) is 37.2 Å². The van der Waals surface area contributed by atoms with Gasteiger partial charge in [-0.15, -0.1) is 0 Å². The molecular weight excluding hydrogens is 248 g/mol. The molecular formula is C17H28N2O. The van der Waals surface area contributed by atoms with Crippen LogP contribution in [0.1, 0.15) is 63.7 Å². The molecule has 0 aromatic carbocycles. The number of piperidine rings is 1. The Balaban J connectivity index is 1.62. The van der Waals surface area contributed by atoms with E-state index in [-0.39, 0.29) is 0 Å². The highest BCUT2D eigenvalue weighted by Crippen LogP contribution is 2.32. The van der Waals surface area contributed by atoms with Crippen LogP contribution in [-0.4, -0.2) is 18.6 Å². The van der Waals surface area contributed by atoms with Gasteiger partial charge in [-0.1, -0.05) is 19.3 Å². The fourth-order valence-electron chi connectivity index (χ4n) is 4.03. The molecule has 1 aliphatic heterocycles. The predicted molar refractivity (Wildman–Crippen MR) is 81.6 cm³/mol. The second-order valence-electron chi connectivity index (χ2n) is 6.51. The van der Waals surface area contributed by atoms with Crippen LogP contribution in [0.4, 0.5) is 0 Å². The van der Waals surface area contributed by atoms with Gasteiger partial charge in [0.1, 0.15) is 5.76 Å². The summed E-state index contributed by atoms with van der Waals surface area (Å²) < 4.78 is 5.54. The maximum Gasteiger partial charge on any atom is 0.120 e. The first-order valence-corrected chi connectivity index (χ1v) is 8.37. The molecule has 0 amide bonds. The molecule has 2 heterocycles. The molecule has 112 valence electrons. The van der Waals surface area contributed by atoms with E-state index in [0.29, 0.717) is 12.1 Å². The van der Waals surface area contributed by atoms with Crippen LogP contribution >= 0.6 is 0 Å². The molecule has 4 unspecified atom stereocenters. The van der Waals surface area contributed by atoms with Gasteiger partial charge >= 0.3 is 0 Å². The third-order valence-electron chi connectivity index (χ3n) is 5.12. The van der Waals surface area contributed by atoms with Gasteiger partial charge in [-0.2, -0.15) is 0 Å². The van der Waals surface area contributed by atoms with Crippen molar-refractivity contribution in [2.75, 3.05) is 6.54 Å². The van der Waals surface area contributed by atoms with Crippen LogP contribution in [0.3, 0.4) is 0 Å². The van der Waals surface area contributed by atoms with Crippen molar-refractivity contribution in [3.63, 3.8) is 0 Å². The molecule has 2 aliphatic rings. The second-order valence-corrected chi connectivity index (χ2v) is 6.51. The van der Waals surface area contributed by atoms with E-state index in [9.17, 15) is 0 Å². The molecule has 0 bridgehead atoms. The van der Waals surface area contributed by atoms with Crippen molar-refractivity contribution in [3.05, 3.63) is 24.2 Å². The maximum absolute atomic E-state index is 5.54. The lowest BCUT2D eigenvalue weighted by Crippen LogP contribution is -2.50. The van der Waals surface area contributed by atoms with Crippen LogP contribution in [0, 0.1) is 5.92 Å². The molecule has 1 aromatic heterocycles. The first-order chi connectivity index (χ1) is 9.84. The second kappa shape index (κ2) is 6.77. The summed E-state index contributed by atoms with van der Waals surface area (Å²) in [6.45, 7) is 3.43. The predicted octanol–water partition coefficient (Wildman–Crippen LogP) is 3.63. The molecule has 0 spiro atoms. The average Bonchev–Trinajstić information content (AvgIpc) is 3.03. The Hall–Kier alpha value is -0.800. The van der Waals surface area contributed by atoms with Crippen molar-refractivity contribution in [2.24, 2.45) is 5.92 Å². The van der Waals surface area contributed by atoms with Gasteiger partial charge in [0.25, 0.3) is 0 Å². The summed E-state index contributed by atoms with van der Waals surface area (Å²) in [7, 11) is 0. The van der Waals surface area contributed by atoms with E-state index < -0.39 is 0 Å². The summed E-state index contributed by atoms with van der Waals surface area (Å²) in [6, 6.07) is 5.74. The number of furan rings is 1. The van der Waals surface area contributed by atoms with Crippen molar-refractivity contribution in [1.29, 1.82) is 0 Å². The van der Waals surface area contributed by atoms with Crippen molar-refractivity contribution in [2.45, 2.75) is 70.0 Å². The van der Waals surface area contributed by atoms with Crippen molar-refractivity contribution in [3.8, 4) is 0 Å². The summed E-state index contributed by atoms with van der Waals surface area (Å²) in [5, 5.41) is 7.60. The molecule has 0 radical (unpaired) electrons. The smallest absolute Gasteiger partial charge is 0.120 e. The first-order valence-electron chi connectivity index (χ1n) is 8.37. The summed E-state index contributed by atoms with van der Waals surface area (Å²) in [5.74, 6) is 1.85. The molecule has 3 rings (SSSR count). The first kappa shape index (κ1) is 14.2. The van der Waals surface area contributed by atoms with E-state index in [1.807, 2.05) is 6.07 Å². The van der Waals surface area contributed by atoms with E-state index >= 15 is 0 Å². The zero-order valence-corrected chi connectivity index (χ0v) is 12.6. The van der Waals surface area contributed by atoms with Crippen LogP contribution in [0.25, 0.3) is 0 Å². The molecule has 2 N–H and O–H groups in total. The van der Waals surface area contributed by atoms with Gasteiger partial charge in [-0.3, -0.25) is 0 Å². The van der Waals surface area contributed by atoms with E-state index in [0.717, 1.165) is 17.7 Å². The lowest BCUT2D eigenvalue weighted by atomic mass is 9.77. The highest BCUT2D eigenvalue weighted by atomic mass is 16.3. The van der Waals surface area contributed by atoms with Gasteiger partial charge in [-0.05, 0) is 57.2 Å². The Morgan fingerprint density at radius 3 is 2.80 bits per heavy atom. The van der Waals surface area contributed by atoms with Crippen LogP contribution < -0.4 is 10.6 Å². The monoisotopic (exact) mass is 276 g/mol. The quantitative estimate of drug-likeness (QED) is 0.882. The summed E-state index contributed by atoms with van der Waals surface area (Å²) in [5.41, 5.74) is 0. The highest BCUT2D eigenvalue weighted by molar-refractivity contribution is 5.04. The molecule has 3 heteroatoms. The zero-order chi connectivity index (χ0) is 13.8. The van der Waals surface area contributed by atoms with Gasteiger partial charge in [0.15, 0.2) is 0 Å². The Morgan fingerprint density at radius 1 is 1.20 bits per heavy atom. The number of nitrogens with one attached hydrogen (secondary N) is 2. The molecule has 1 aromatic rings. The minimum absolute atomic E-state index is 0.319. The maximum atomic E-state index is 5.54. The van der Waals surface area contributed by atoms with Crippen LogP contribution in [0.15, 0.2) is 22.8 Å². The number of hydrogen-bond acceptors (Lipinski definition) is 3. The molecule has 20 heavy (non-hydrogen) atoms. The summed E-state index contributed by atoms with van der Waals surface area (Å²) >= 11 is 0. The van der Waals surface area contributed by atoms with E-state index in [4.69, 9.17) is 4.42 Å². The Bertz CT molecular complexity index is 384. The van der Waals surface area contributed by atoms with Crippen molar-refractivity contribution >= 4 is 0 Å². The lowest BCUT2D eigenvalue weighted by molar-refractivity contribution is 0.170. The van der Waals surface area contributed by atoms with E-state index in [1.54, 1.807) is 6.26 Å². The van der Waals surface area contributed by atoms with E-state index in [1.165, 1.54) is 51.5 Å². The summed E-state index contributed by atoms with van der Waals surface area (Å²) in [6.07, 6.45) is 11.3. The average molecular weight is 276 g/mol. The molecule has 1 saturated carbocycles. The number of hydrogen-bond donors (Lipinski definition) is 2. The molecule has 3 nitrogen and oxygen atoms in total. The van der Waals surface area contributed by atoms with Gasteiger partial charge in [0.2, 0.25) is 0 Å². The molecule has 2 fully saturated rings. The van der Waals surface area contributed by atoms with Crippen LogP contribution in [0.2, 0.25) is 0 Å². The van der Waals surface area contributed by atoms with Gasteiger partial charge in [0.05, 0.1) is 12.3 Å². The van der Waals surface area contributed by atoms with Crippen molar-refractivity contribution in [1.82, 2.24) is 10.6 Å². The van der Waals surface area contributed by atoms with E-state index in [2.05, 4.69) is 23.6 Å². The molecule has 1 saturated heterocycles. The highest BCUT2D eigenvalue weighted by Gasteiger charge is 2.33. The zero-order valence-electron chi connectivity index (χ0n) is 12.6. The van der Waals surface area contributed by atoms with Gasteiger partial charge in [0, 0.05) is 12.1 Å². The fraction of sp³-hybridized carbons (Fsp3) is 0.765. The largest absolute Gasteiger partial charge is 0.468 e. The Kier molecular flexibility index (Phi) is 4.79. The fourth-order valence-corrected chi connectivity index (χ4v) is 4.03. The molecule has 1 aliphatic carbocycles. The third kappa shape index (κ3) is 3.26. The minimum Gasteiger partial charge on any atom is -0.468 e. The normalized spacial score (nSPS) is 33.0. The minimum atomic E-state index is 0.319. The Morgan fingerprint density at radius 2 is 2.05 bits per heavy atom.